The van der Waals surface area contributed by atoms with Gasteiger partial charge in [0.15, 0.2) is 0 Å². The lowest BCUT2D eigenvalue weighted by atomic mass is 9.72. The lowest BCUT2D eigenvalue weighted by Gasteiger charge is -2.43. The van der Waals surface area contributed by atoms with Crippen LogP contribution in [-0.2, 0) is 14.9 Å². The van der Waals surface area contributed by atoms with Gasteiger partial charge in [-0.25, -0.2) is 0 Å². The number of hydrogen-bond acceptors (Lipinski definition) is 4. The van der Waals surface area contributed by atoms with E-state index in [1.54, 1.807) is 12.4 Å². The molecule has 0 saturated carbocycles. The summed E-state index contributed by atoms with van der Waals surface area (Å²) < 4.78 is 5.38. The molecule has 0 N–H and O–H groups in total. The molecule has 3 rings (SSSR count). The molecular weight excluding hydrogens is 266 g/mol. The normalized spacial score (nSPS) is 23.0. The Morgan fingerprint density at radius 3 is 2.38 bits per heavy atom. The van der Waals surface area contributed by atoms with Crippen LogP contribution in [0.15, 0.2) is 24.5 Å². The van der Waals surface area contributed by atoms with E-state index in [2.05, 4.69) is 16.9 Å². The maximum absolute atomic E-state index is 13.2. The lowest BCUT2D eigenvalue weighted by Crippen LogP contribution is -2.54. The van der Waals surface area contributed by atoms with E-state index in [9.17, 15) is 4.79 Å². The summed E-state index contributed by atoms with van der Waals surface area (Å²) >= 11 is 0. The summed E-state index contributed by atoms with van der Waals surface area (Å²) in [7, 11) is 2.12. The van der Waals surface area contributed by atoms with Gasteiger partial charge in [0.1, 0.15) is 0 Å². The molecule has 0 bridgehead atoms. The Labute approximate surface area is 125 Å². The molecule has 0 spiro atoms. The van der Waals surface area contributed by atoms with Gasteiger partial charge in [0.05, 0.1) is 18.6 Å². The van der Waals surface area contributed by atoms with Crippen molar-refractivity contribution in [1.29, 1.82) is 0 Å². The number of carbonyl (C=O) groups excluding carboxylic acids is 1. The van der Waals surface area contributed by atoms with Crippen molar-refractivity contribution < 1.29 is 9.53 Å². The van der Waals surface area contributed by atoms with Crippen LogP contribution in [-0.4, -0.2) is 67.1 Å². The zero-order chi connectivity index (χ0) is 14.7. The third-order valence-electron chi connectivity index (χ3n) is 4.78. The minimum atomic E-state index is -0.382. The highest BCUT2D eigenvalue weighted by molar-refractivity contribution is 5.88. The maximum atomic E-state index is 13.2. The van der Waals surface area contributed by atoms with Gasteiger partial charge in [0.2, 0.25) is 5.91 Å². The maximum Gasteiger partial charge on any atom is 0.233 e. The monoisotopic (exact) mass is 289 g/mol. The van der Waals surface area contributed by atoms with Crippen molar-refractivity contribution in [3.8, 4) is 0 Å². The van der Waals surface area contributed by atoms with Crippen LogP contribution >= 0.6 is 0 Å². The molecule has 2 aliphatic heterocycles. The number of piperidine rings is 1. The first-order valence-corrected chi connectivity index (χ1v) is 7.68. The topological polar surface area (TPSA) is 45.7 Å². The number of likely N-dealkylation sites (tertiary alicyclic amines) is 1. The second-order valence-corrected chi connectivity index (χ2v) is 6.03. The number of morpholine rings is 1. The van der Waals surface area contributed by atoms with Gasteiger partial charge in [-0.3, -0.25) is 9.78 Å². The standard InChI is InChI=1S/C16H23N3O2/c1-18-8-4-16(5-9-18,14-2-6-17-7-3-14)15(20)19-10-12-21-13-11-19/h2-3,6-7H,4-5,8-13H2,1H3. The number of amides is 1. The van der Waals surface area contributed by atoms with Crippen LogP contribution in [0.4, 0.5) is 0 Å². The van der Waals surface area contributed by atoms with Gasteiger partial charge in [-0.15, -0.1) is 0 Å². The van der Waals surface area contributed by atoms with E-state index in [4.69, 9.17) is 4.74 Å². The summed E-state index contributed by atoms with van der Waals surface area (Å²) in [5.74, 6) is 0.269. The SMILES string of the molecule is CN1CCC(C(=O)N2CCOCC2)(c2ccncc2)CC1. The lowest BCUT2D eigenvalue weighted by molar-refractivity contribution is -0.143. The largest absolute Gasteiger partial charge is 0.378 e. The zero-order valence-corrected chi connectivity index (χ0v) is 12.6. The molecule has 1 aromatic heterocycles. The third kappa shape index (κ3) is 2.80. The van der Waals surface area contributed by atoms with Crippen LogP contribution in [0, 0.1) is 0 Å². The van der Waals surface area contributed by atoms with Gasteiger partial charge in [-0.1, -0.05) is 0 Å². The molecule has 2 fully saturated rings. The summed E-state index contributed by atoms with van der Waals surface area (Å²) in [5, 5.41) is 0. The van der Waals surface area contributed by atoms with E-state index in [0.717, 1.165) is 31.5 Å². The molecule has 2 aliphatic rings. The van der Waals surface area contributed by atoms with Gasteiger partial charge < -0.3 is 14.5 Å². The molecule has 0 unspecified atom stereocenters. The van der Waals surface area contributed by atoms with Crippen molar-refractivity contribution in [3.05, 3.63) is 30.1 Å². The predicted octanol–water partition coefficient (Wildman–Crippen LogP) is 0.904. The van der Waals surface area contributed by atoms with E-state index in [1.165, 1.54) is 0 Å². The Morgan fingerprint density at radius 2 is 1.76 bits per heavy atom. The first-order valence-electron chi connectivity index (χ1n) is 7.68. The van der Waals surface area contributed by atoms with E-state index in [0.29, 0.717) is 26.3 Å². The Bertz CT molecular complexity index is 478. The average Bonchev–Trinajstić information content (AvgIpc) is 2.57. The second kappa shape index (κ2) is 6.12. The molecule has 0 aromatic carbocycles. The van der Waals surface area contributed by atoms with Crippen LogP contribution in [0.1, 0.15) is 18.4 Å². The molecule has 114 valence electrons. The molecular formula is C16H23N3O2. The highest BCUT2D eigenvalue weighted by Gasteiger charge is 2.44. The van der Waals surface area contributed by atoms with Crippen LogP contribution in [0.5, 0.6) is 0 Å². The first-order chi connectivity index (χ1) is 10.2. The molecule has 1 amide bonds. The second-order valence-electron chi connectivity index (χ2n) is 6.03. The summed E-state index contributed by atoms with van der Waals surface area (Å²) in [6.45, 7) is 4.63. The fourth-order valence-corrected chi connectivity index (χ4v) is 3.37. The summed E-state index contributed by atoms with van der Waals surface area (Å²) in [6, 6.07) is 4.01. The molecule has 21 heavy (non-hydrogen) atoms. The van der Waals surface area contributed by atoms with Crippen molar-refractivity contribution in [1.82, 2.24) is 14.8 Å². The molecule has 5 heteroatoms. The highest BCUT2D eigenvalue weighted by atomic mass is 16.5. The predicted molar refractivity (Wildman–Crippen MR) is 80.0 cm³/mol. The first kappa shape index (κ1) is 14.5. The number of rotatable bonds is 2. The number of carbonyl (C=O) groups is 1. The van der Waals surface area contributed by atoms with Crippen LogP contribution < -0.4 is 0 Å². The van der Waals surface area contributed by atoms with Gasteiger partial charge in [0.25, 0.3) is 0 Å². The number of nitrogens with zero attached hydrogens (tertiary/aromatic N) is 3. The molecule has 2 saturated heterocycles. The fraction of sp³-hybridized carbons (Fsp3) is 0.625. The number of hydrogen-bond donors (Lipinski definition) is 0. The fourth-order valence-electron chi connectivity index (χ4n) is 3.37. The number of ether oxygens (including phenoxy) is 1. The molecule has 0 aliphatic carbocycles. The van der Waals surface area contributed by atoms with Gasteiger partial charge in [-0.05, 0) is 50.7 Å². The molecule has 0 radical (unpaired) electrons. The van der Waals surface area contributed by atoms with Gasteiger partial charge >= 0.3 is 0 Å². The van der Waals surface area contributed by atoms with Crippen LogP contribution in [0.2, 0.25) is 0 Å². The summed E-state index contributed by atoms with van der Waals surface area (Å²) in [6.07, 6.45) is 5.34. The average molecular weight is 289 g/mol. The third-order valence-corrected chi connectivity index (χ3v) is 4.78. The highest BCUT2D eigenvalue weighted by Crippen LogP contribution is 2.37. The summed E-state index contributed by atoms with van der Waals surface area (Å²) in [5.41, 5.74) is 0.731. The van der Waals surface area contributed by atoms with Crippen LogP contribution in [0.25, 0.3) is 0 Å². The Kier molecular flexibility index (Phi) is 4.22. The van der Waals surface area contributed by atoms with Crippen molar-refractivity contribution in [2.24, 2.45) is 0 Å². The molecule has 1 aromatic rings. The molecule has 3 heterocycles. The Hall–Kier alpha value is -1.46. The van der Waals surface area contributed by atoms with Crippen molar-refractivity contribution >= 4 is 5.91 Å². The smallest absolute Gasteiger partial charge is 0.233 e. The molecule has 0 atom stereocenters. The van der Waals surface area contributed by atoms with Gasteiger partial charge in [-0.2, -0.15) is 0 Å². The number of aromatic nitrogens is 1. The minimum Gasteiger partial charge on any atom is -0.378 e. The quantitative estimate of drug-likeness (QED) is 0.811. The molecule has 5 nitrogen and oxygen atoms in total. The van der Waals surface area contributed by atoms with Crippen LogP contribution in [0.3, 0.4) is 0 Å². The van der Waals surface area contributed by atoms with Crippen molar-refractivity contribution in [2.75, 3.05) is 46.4 Å². The zero-order valence-electron chi connectivity index (χ0n) is 12.6. The van der Waals surface area contributed by atoms with E-state index < -0.39 is 0 Å². The van der Waals surface area contributed by atoms with E-state index >= 15 is 0 Å². The van der Waals surface area contributed by atoms with E-state index in [1.807, 2.05) is 17.0 Å². The van der Waals surface area contributed by atoms with Crippen molar-refractivity contribution in [2.45, 2.75) is 18.3 Å². The minimum absolute atomic E-state index is 0.269. The van der Waals surface area contributed by atoms with Crippen molar-refractivity contribution in [3.63, 3.8) is 0 Å². The summed E-state index contributed by atoms with van der Waals surface area (Å²) in [4.78, 5) is 21.6. The number of pyridine rings is 1. The Balaban J connectivity index is 1.90. The van der Waals surface area contributed by atoms with Gasteiger partial charge in [0, 0.05) is 25.5 Å². The van der Waals surface area contributed by atoms with E-state index in [-0.39, 0.29) is 11.3 Å². The Morgan fingerprint density at radius 1 is 1.14 bits per heavy atom.